The third-order valence-corrected chi connectivity index (χ3v) is 11.9. The van der Waals surface area contributed by atoms with E-state index in [-0.39, 0.29) is 30.8 Å². The van der Waals surface area contributed by atoms with Gasteiger partial charge in [-0.1, -0.05) is 147 Å². The van der Waals surface area contributed by atoms with Gasteiger partial charge < -0.3 is 44.2 Å². The highest BCUT2D eigenvalue weighted by Gasteiger charge is 2.39. The zero-order chi connectivity index (χ0) is 42.4. The van der Waals surface area contributed by atoms with Gasteiger partial charge in [0.25, 0.3) is 7.82 Å². The number of nitrogens with one attached hydrogen (secondary N) is 1. The molecule has 0 spiro atoms. The lowest BCUT2D eigenvalue weighted by atomic mass is 9.89. The maximum absolute atomic E-state index is 13.0. The van der Waals surface area contributed by atoms with Crippen LogP contribution in [0.1, 0.15) is 162 Å². The first-order chi connectivity index (χ1) is 27.2. The van der Waals surface area contributed by atoms with E-state index in [1.165, 1.54) is 70.6 Å². The summed E-state index contributed by atoms with van der Waals surface area (Å²) in [6.45, 7) is 4.32. The minimum Gasteiger partial charge on any atom is -0.756 e. The Morgan fingerprint density at radius 3 is 1.98 bits per heavy atom. The van der Waals surface area contributed by atoms with Gasteiger partial charge in [0, 0.05) is 18.8 Å². The first kappa shape index (κ1) is 53.6. The number of nitrogens with zero attached hydrogens (tertiary/aromatic N) is 1. The summed E-state index contributed by atoms with van der Waals surface area (Å²) in [5, 5.41) is 45.2. The molecule has 1 amide bonds. The molecule has 1 rings (SSSR count). The molecular formula is C45H85N2O9P. The molecule has 57 heavy (non-hydrogen) atoms. The summed E-state index contributed by atoms with van der Waals surface area (Å²) in [5.74, 6) is -0.727. The highest BCUT2D eigenvalue weighted by molar-refractivity contribution is 7.45. The average Bonchev–Trinajstić information content (AvgIpc) is 3.42. The first-order valence-corrected chi connectivity index (χ1v) is 24.1. The Balaban J connectivity index is 2.57. The van der Waals surface area contributed by atoms with Crippen LogP contribution in [0.15, 0.2) is 36.5 Å². The Kier molecular flexibility index (Phi) is 30.5. The Morgan fingerprint density at radius 1 is 0.789 bits per heavy atom. The van der Waals surface area contributed by atoms with Crippen molar-refractivity contribution in [3.63, 3.8) is 0 Å². The molecule has 0 bridgehead atoms. The number of aliphatic hydroxyl groups excluding tert-OH is 4. The molecule has 0 aromatic rings. The summed E-state index contributed by atoms with van der Waals surface area (Å²) in [7, 11) is 1.11. The van der Waals surface area contributed by atoms with Gasteiger partial charge >= 0.3 is 0 Å². The molecule has 0 saturated heterocycles. The lowest BCUT2D eigenvalue weighted by molar-refractivity contribution is -0.870. The molecule has 1 aliphatic carbocycles. The summed E-state index contributed by atoms with van der Waals surface area (Å²) in [6.07, 6.45) is 31.3. The predicted molar refractivity (Wildman–Crippen MR) is 230 cm³/mol. The van der Waals surface area contributed by atoms with Crippen LogP contribution in [0.4, 0.5) is 0 Å². The number of aliphatic hydroxyl groups is 4. The number of likely N-dealkylation sites (N-methyl/N-ethyl adjacent to an activating group) is 1. The normalized spacial score (nSPS) is 21.8. The molecule has 334 valence electrons. The predicted octanol–water partition coefficient (Wildman–Crippen LogP) is 8.05. The van der Waals surface area contributed by atoms with Gasteiger partial charge in [-0.2, -0.15) is 0 Å². The van der Waals surface area contributed by atoms with Crippen molar-refractivity contribution in [1.82, 2.24) is 5.32 Å². The van der Waals surface area contributed by atoms with E-state index in [0.29, 0.717) is 43.1 Å². The molecule has 1 unspecified atom stereocenters. The number of quaternary nitrogens is 1. The molecule has 0 radical (unpaired) electrons. The van der Waals surface area contributed by atoms with Crippen LogP contribution < -0.4 is 10.2 Å². The van der Waals surface area contributed by atoms with Gasteiger partial charge in [-0.15, -0.1) is 0 Å². The number of carbonyl (C=O) groups excluding carboxylic acids is 1. The smallest absolute Gasteiger partial charge is 0.268 e. The van der Waals surface area contributed by atoms with Gasteiger partial charge in [0.2, 0.25) is 5.91 Å². The van der Waals surface area contributed by atoms with Gasteiger partial charge in [-0.25, -0.2) is 0 Å². The number of amides is 1. The van der Waals surface area contributed by atoms with Crippen molar-refractivity contribution in [2.75, 3.05) is 40.9 Å². The van der Waals surface area contributed by atoms with Crippen molar-refractivity contribution in [2.45, 2.75) is 192 Å². The van der Waals surface area contributed by atoms with Crippen LogP contribution in [0.5, 0.6) is 0 Å². The molecule has 0 aliphatic heterocycles. The van der Waals surface area contributed by atoms with Crippen LogP contribution in [0.25, 0.3) is 0 Å². The molecular weight excluding hydrogens is 743 g/mol. The number of rotatable bonds is 36. The summed E-state index contributed by atoms with van der Waals surface area (Å²) >= 11 is 0. The molecule has 0 aromatic carbocycles. The van der Waals surface area contributed by atoms with Gasteiger partial charge in [0.1, 0.15) is 13.2 Å². The maximum Gasteiger partial charge on any atom is 0.268 e. The highest BCUT2D eigenvalue weighted by Crippen LogP contribution is 2.38. The van der Waals surface area contributed by atoms with Crippen molar-refractivity contribution >= 4 is 13.7 Å². The molecule has 0 aromatic heterocycles. The number of allylic oxidation sites excluding steroid dienone is 3. The zero-order valence-electron chi connectivity index (χ0n) is 36.6. The topological polar surface area (TPSA) is 169 Å². The van der Waals surface area contributed by atoms with Crippen molar-refractivity contribution in [3.05, 3.63) is 36.5 Å². The van der Waals surface area contributed by atoms with E-state index in [1.807, 2.05) is 45.4 Å². The third kappa shape index (κ3) is 28.7. The lowest BCUT2D eigenvalue weighted by Crippen LogP contribution is -2.45. The van der Waals surface area contributed by atoms with Crippen molar-refractivity contribution < 1.29 is 48.2 Å². The molecule has 12 heteroatoms. The molecule has 5 N–H and O–H groups in total. The fraction of sp³-hybridized carbons (Fsp3) is 0.844. The average molecular weight is 829 g/mol. The number of hydrogen-bond donors (Lipinski definition) is 5. The lowest BCUT2D eigenvalue weighted by Gasteiger charge is -2.29. The third-order valence-electron chi connectivity index (χ3n) is 10.9. The first-order valence-electron chi connectivity index (χ1n) is 22.6. The van der Waals surface area contributed by atoms with E-state index in [2.05, 4.69) is 19.2 Å². The van der Waals surface area contributed by atoms with Gasteiger partial charge in [-0.05, 0) is 44.4 Å². The molecule has 1 fully saturated rings. The molecule has 1 saturated carbocycles. The van der Waals surface area contributed by atoms with E-state index in [4.69, 9.17) is 9.05 Å². The van der Waals surface area contributed by atoms with Crippen molar-refractivity contribution in [3.8, 4) is 0 Å². The number of phosphoric ester groups is 1. The fourth-order valence-electron chi connectivity index (χ4n) is 7.20. The minimum absolute atomic E-state index is 0.0453. The second-order valence-corrected chi connectivity index (χ2v) is 18.8. The summed E-state index contributed by atoms with van der Waals surface area (Å²) in [4.78, 5) is 25.4. The van der Waals surface area contributed by atoms with E-state index < -0.39 is 44.9 Å². The van der Waals surface area contributed by atoms with E-state index in [0.717, 1.165) is 38.5 Å². The molecule has 8 atom stereocenters. The Bertz CT molecular complexity index is 1140. The van der Waals surface area contributed by atoms with Crippen LogP contribution in [-0.2, 0) is 18.4 Å². The Labute approximate surface area is 347 Å². The molecule has 11 nitrogen and oxygen atoms in total. The summed E-state index contributed by atoms with van der Waals surface area (Å²) < 4.78 is 23.2. The fourth-order valence-corrected chi connectivity index (χ4v) is 7.93. The van der Waals surface area contributed by atoms with Gasteiger partial charge in [-0.3, -0.25) is 9.36 Å². The van der Waals surface area contributed by atoms with Crippen LogP contribution in [0.3, 0.4) is 0 Å². The number of carbonyl (C=O) groups is 1. The Morgan fingerprint density at radius 2 is 1.37 bits per heavy atom. The van der Waals surface area contributed by atoms with E-state index >= 15 is 0 Å². The number of phosphoric acid groups is 1. The molecule has 0 heterocycles. The Hall–Kier alpha value is -1.40. The standard InChI is InChI=1S/C45H85N2O9P/c1-6-8-10-11-12-13-14-15-16-17-18-19-20-21-26-30-42(49)41(37-56-57(53,54)55-35-34-47(3,4)5)46-45(52)31-27-23-22-25-29-39-40(44(51)36-43(39)50)33-32-38(48)28-24-9-7-2/h22,25-26,30,32-33,38-44,48-51H,6-21,23-24,27-29,31,34-37H2,1-5H3,(H-,46,52,53,54)/b25-22+,30-26+,33-32+/t38-,39+,40+,41-,42+,43-,44+/m0/s1. The van der Waals surface area contributed by atoms with Crippen molar-refractivity contribution in [1.29, 1.82) is 0 Å². The van der Waals surface area contributed by atoms with Crippen LogP contribution in [-0.4, -0.2) is 102 Å². The van der Waals surface area contributed by atoms with E-state index in [9.17, 15) is 34.7 Å². The second-order valence-electron chi connectivity index (χ2n) is 17.4. The number of unbranched alkanes of at least 4 members (excludes halogenated alkanes) is 16. The van der Waals surface area contributed by atoms with Crippen LogP contribution in [0.2, 0.25) is 0 Å². The zero-order valence-corrected chi connectivity index (χ0v) is 37.5. The van der Waals surface area contributed by atoms with Crippen molar-refractivity contribution in [2.24, 2.45) is 11.8 Å². The monoisotopic (exact) mass is 829 g/mol. The number of hydrogen-bond acceptors (Lipinski definition) is 9. The van der Waals surface area contributed by atoms with Gasteiger partial charge in [0.05, 0.1) is 58.2 Å². The molecule has 1 aliphatic rings. The van der Waals surface area contributed by atoms with Crippen LogP contribution in [0, 0.1) is 11.8 Å². The highest BCUT2D eigenvalue weighted by atomic mass is 31.2. The maximum atomic E-state index is 13.0. The SMILES string of the molecule is CCCCCCCCCCCCCCC/C=C/[C@@H](O)[C@H](COP(=O)([O-])OCC[N+](C)(C)C)NC(=O)CCC/C=C/C[C@@H]1[C@@H](/C=C/[C@@H](O)CCCCC)[C@H](O)C[C@@H]1O. The largest absolute Gasteiger partial charge is 0.756 e. The summed E-state index contributed by atoms with van der Waals surface area (Å²) in [5.41, 5.74) is 0. The minimum atomic E-state index is -4.66. The quantitative estimate of drug-likeness (QED) is 0.0182. The van der Waals surface area contributed by atoms with Crippen LogP contribution >= 0.6 is 7.82 Å². The van der Waals surface area contributed by atoms with E-state index in [1.54, 1.807) is 12.2 Å². The second kappa shape index (κ2) is 32.4. The summed E-state index contributed by atoms with van der Waals surface area (Å²) in [6, 6.07) is -0.981. The van der Waals surface area contributed by atoms with Gasteiger partial charge in [0.15, 0.2) is 0 Å².